The highest BCUT2D eigenvalue weighted by Gasteiger charge is 2.33. The SMILES string of the molecule is CCN1CCC(NC(=O)N[C@H](C(=O)NC)C(C)(C)C)=C(/C(=N\C)c2ccc(F)c(F)c2)C1. The van der Waals surface area contributed by atoms with Gasteiger partial charge < -0.3 is 16.0 Å². The molecule has 0 saturated carbocycles. The molecule has 0 bridgehead atoms. The van der Waals surface area contributed by atoms with E-state index in [2.05, 4.69) is 25.8 Å². The Hall–Kier alpha value is -2.81. The molecule has 176 valence electrons. The van der Waals surface area contributed by atoms with Crippen molar-refractivity contribution in [2.24, 2.45) is 10.4 Å². The Labute approximate surface area is 188 Å². The Balaban J connectivity index is 2.38. The summed E-state index contributed by atoms with van der Waals surface area (Å²) in [6.45, 7) is 9.63. The first-order chi connectivity index (χ1) is 15.0. The summed E-state index contributed by atoms with van der Waals surface area (Å²) >= 11 is 0. The third-order valence-corrected chi connectivity index (χ3v) is 5.49. The normalized spacial score (nSPS) is 16.6. The molecule has 1 aliphatic heterocycles. The molecular weight excluding hydrogens is 416 g/mol. The van der Waals surface area contributed by atoms with Gasteiger partial charge in [-0.05, 0) is 30.2 Å². The van der Waals surface area contributed by atoms with E-state index < -0.39 is 29.1 Å². The second-order valence-electron chi connectivity index (χ2n) is 8.79. The zero-order chi connectivity index (χ0) is 24.1. The third kappa shape index (κ3) is 6.12. The zero-order valence-corrected chi connectivity index (χ0v) is 19.6. The number of carbonyl (C=O) groups is 2. The van der Waals surface area contributed by atoms with E-state index in [0.717, 1.165) is 30.8 Å². The number of rotatable bonds is 6. The molecule has 9 heteroatoms. The number of nitrogens with one attached hydrogen (secondary N) is 3. The largest absolute Gasteiger partial charge is 0.357 e. The Morgan fingerprint density at radius 3 is 2.44 bits per heavy atom. The van der Waals surface area contributed by atoms with E-state index in [1.165, 1.54) is 13.1 Å². The Morgan fingerprint density at radius 1 is 1.22 bits per heavy atom. The first-order valence-electron chi connectivity index (χ1n) is 10.7. The van der Waals surface area contributed by atoms with Crippen LogP contribution in [0, 0.1) is 17.0 Å². The summed E-state index contributed by atoms with van der Waals surface area (Å²) in [7, 11) is 3.10. The molecule has 3 amide bonds. The van der Waals surface area contributed by atoms with Crippen LogP contribution in [0.5, 0.6) is 0 Å². The van der Waals surface area contributed by atoms with Gasteiger partial charge in [-0.2, -0.15) is 0 Å². The first-order valence-corrected chi connectivity index (χ1v) is 10.7. The lowest BCUT2D eigenvalue weighted by Gasteiger charge is -2.32. The Morgan fingerprint density at radius 2 is 1.91 bits per heavy atom. The number of nitrogens with zero attached hydrogens (tertiary/aromatic N) is 2. The lowest BCUT2D eigenvalue weighted by Crippen LogP contribution is -2.55. The van der Waals surface area contributed by atoms with Crippen molar-refractivity contribution in [3.63, 3.8) is 0 Å². The van der Waals surface area contributed by atoms with Crippen LogP contribution >= 0.6 is 0 Å². The number of halogens is 2. The summed E-state index contributed by atoms with van der Waals surface area (Å²) in [5.74, 6) is -2.18. The van der Waals surface area contributed by atoms with E-state index in [9.17, 15) is 18.4 Å². The molecule has 7 nitrogen and oxygen atoms in total. The van der Waals surface area contributed by atoms with Gasteiger partial charge in [0.25, 0.3) is 0 Å². The molecular formula is C23H33F2N5O2. The lowest BCUT2D eigenvalue weighted by molar-refractivity contribution is -0.124. The second-order valence-corrected chi connectivity index (χ2v) is 8.79. The van der Waals surface area contributed by atoms with Crippen LogP contribution < -0.4 is 16.0 Å². The first kappa shape index (κ1) is 25.5. The van der Waals surface area contributed by atoms with Gasteiger partial charge >= 0.3 is 6.03 Å². The standard InChI is InChI=1S/C23H33F2N5O2/c1-7-30-11-10-18(28-22(32)29-20(21(31)27-6)23(2,3)4)15(13-30)19(26-5)14-8-9-16(24)17(25)12-14/h8-9,12,20H,7,10-11,13H2,1-6H3,(H,27,31)(H2,28,29,32)/b26-19-/t20-/m1/s1. The highest BCUT2D eigenvalue weighted by molar-refractivity contribution is 6.13. The molecule has 0 unspecified atom stereocenters. The Kier molecular flexibility index (Phi) is 8.49. The van der Waals surface area contributed by atoms with Gasteiger partial charge in [0.05, 0.1) is 5.71 Å². The molecule has 0 aromatic heterocycles. The van der Waals surface area contributed by atoms with Gasteiger partial charge in [-0.3, -0.25) is 14.7 Å². The predicted molar refractivity (Wildman–Crippen MR) is 122 cm³/mol. The van der Waals surface area contributed by atoms with Gasteiger partial charge in [-0.1, -0.05) is 27.7 Å². The number of carbonyl (C=O) groups excluding carboxylic acids is 2. The average molecular weight is 450 g/mol. The molecule has 0 radical (unpaired) electrons. The fourth-order valence-corrected chi connectivity index (χ4v) is 3.65. The molecule has 0 spiro atoms. The minimum atomic E-state index is -0.960. The molecule has 0 saturated heterocycles. The maximum absolute atomic E-state index is 13.9. The fourth-order valence-electron chi connectivity index (χ4n) is 3.65. The van der Waals surface area contributed by atoms with Crippen LogP contribution in [-0.4, -0.2) is 62.3 Å². The molecule has 1 aromatic rings. The summed E-state index contributed by atoms with van der Waals surface area (Å²) in [6.07, 6.45) is 0.541. The van der Waals surface area contributed by atoms with Gasteiger partial charge in [0.1, 0.15) is 6.04 Å². The van der Waals surface area contributed by atoms with Gasteiger partial charge in [0, 0.05) is 50.4 Å². The van der Waals surface area contributed by atoms with Gasteiger partial charge in [0.2, 0.25) is 5.91 Å². The van der Waals surface area contributed by atoms with Crippen molar-refractivity contribution >= 4 is 17.6 Å². The predicted octanol–water partition coefficient (Wildman–Crippen LogP) is 2.82. The van der Waals surface area contributed by atoms with E-state index in [0.29, 0.717) is 29.9 Å². The number of amides is 3. The lowest BCUT2D eigenvalue weighted by atomic mass is 9.86. The van der Waals surface area contributed by atoms with Crippen molar-refractivity contribution in [3.8, 4) is 0 Å². The maximum atomic E-state index is 13.9. The van der Waals surface area contributed by atoms with Crippen molar-refractivity contribution in [1.29, 1.82) is 0 Å². The number of hydrogen-bond acceptors (Lipinski definition) is 4. The molecule has 0 fully saturated rings. The van der Waals surface area contributed by atoms with Crippen molar-refractivity contribution in [2.75, 3.05) is 33.7 Å². The highest BCUT2D eigenvalue weighted by atomic mass is 19.2. The molecule has 0 aliphatic carbocycles. The third-order valence-electron chi connectivity index (χ3n) is 5.49. The van der Waals surface area contributed by atoms with Crippen LogP contribution in [0.25, 0.3) is 0 Å². The summed E-state index contributed by atoms with van der Waals surface area (Å²) in [6, 6.07) is 2.39. The van der Waals surface area contributed by atoms with Gasteiger partial charge in [-0.25, -0.2) is 13.6 Å². The van der Waals surface area contributed by atoms with Crippen molar-refractivity contribution in [3.05, 3.63) is 46.7 Å². The quantitative estimate of drug-likeness (QED) is 0.584. The number of urea groups is 1. The molecule has 1 aromatic carbocycles. The van der Waals surface area contributed by atoms with Crippen LogP contribution in [0.1, 0.15) is 39.7 Å². The summed E-state index contributed by atoms with van der Waals surface area (Å²) in [5, 5.41) is 8.21. The molecule has 1 heterocycles. The zero-order valence-electron chi connectivity index (χ0n) is 19.6. The van der Waals surface area contributed by atoms with Crippen LogP contribution in [0.15, 0.2) is 34.5 Å². The number of aliphatic imine (C=N–C) groups is 1. The van der Waals surface area contributed by atoms with E-state index in [1.807, 2.05) is 27.7 Å². The minimum Gasteiger partial charge on any atom is -0.357 e. The van der Waals surface area contributed by atoms with Gasteiger partial charge in [0.15, 0.2) is 11.6 Å². The number of likely N-dealkylation sites (N-methyl/N-ethyl adjacent to an activating group) is 2. The average Bonchev–Trinajstić information content (AvgIpc) is 2.74. The topological polar surface area (TPSA) is 85.8 Å². The van der Waals surface area contributed by atoms with Crippen LogP contribution in [0.2, 0.25) is 0 Å². The van der Waals surface area contributed by atoms with Crippen LogP contribution in [0.4, 0.5) is 13.6 Å². The summed E-state index contributed by atoms with van der Waals surface area (Å²) < 4.78 is 27.3. The molecule has 1 aliphatic rings. The number of hydrogen-bond donors (Lipinski definition) is 3. The smallest absolute Gasteiger partial charge is 0.319 e. The monoisotopic (exact) mass is 449 g/mol. The van der Waals surface area contributed by atoms with E-state index in [4.69, 9.17) is 0 Å². The van der Waals surface area contributed by atoms with Crippen LogP contribution in [0.3, 0.4) is 0 Å². The van der Waals surface area contributed by atoms with Crippen LogP contribution in [-0.2, 0) is 4.79 Å². The van der Waals surface area contributed by atoms with Gasteiger partial charge in [-0.15, -0.1) is 0 Å². The Bertz CT molecular complexity index is 921. The van der Waals surface area contributed by atoms with E-state index in [-0.39, 0.29) is 5.91 Å². The highest BCUT2D eigenvalue weighted by Crippen LogP contribution is 2.23. The minimum absolute atomic E-state index is 0.291. The molecule has 32 heavy (non-hydrogen) atoms. The molecule has 2 rings (SSSR count). The maximum Gasteiger partial charge on any atom is 0.319 e. The van der Waals surface area contributed by atoms with Crippen molar-refractivity contribution in [2.45, 2.75) is 40.2 Å². The summed E-state index contributed by atoms with van der Waals surface area (Å²) in [5.41, 5.74) is 1.78. The molecule has 1 atom stereocenters. The van der Waals surface area contributed by atoms with Crippen molar-refractivity contribution in [1.82, 2.24) is 20.9 Å². The van der Waals surface area contributed by atoms with E-state index in [1.54, 1.807) is 7.05 Å². The van der Waals surface area contributed by atoms with Crippen molar-refractivity contribution < 1.29 is 18.4 Å². The summed E-state index contributed by atoms with van der Waals surface area (Å²) in [4.78, 5) is 31.6. The molecule has 3 N–H and O–H groups in total. The fraction of sp³-hybridized carbons (Fsp3) is 0.522. The number of benzene rings is 1. The second kappa shape index (κ2) is 10.7. The van der Waals surface area contributed by atoms with E-state index >= 15 is 0 Å².